The van der Waals surface area contributed by atoms with Crippen molar-refractivity contribution >= 4 is 29.8 Å². The van der Waals surface area contributed by atoms with E-state index in [1.165, 1.54) is 13.2 Å². The van der Waals surface area contributed by atoms with Gasteiger partial charge in [-0.1, -0.05) is 30.3 Å². The summed E-state index contributed by atoms with van der Waals surface area (Å²) in [5, 5.41) is 0. The molecule has 0 radical (unpaired) electrons. The maximum atomic E-state index is 12.3. The molecule has 0 bridgehead atoms. The summed E-state index contributed by atoms with van der Waals surface area (Å²) in [6.45, 7) is -3.98. The van der Waals surface area contributed by atoms with E-state index in [1.807, 2.05) is 0 Å². The van der Waals surface area contributed by atoms with Gasteiger partial charge in [0.25, 0.3) is 0 Å². The largest absolute Gasteiger partial charge is 0.465 e. The maximum Gasteiger partial charge on any atom is 0.337 e. The number of ether oxygens (including phenoxy) is 7. The normalized spacial score (nSPS) is 23.2. The zero-order chi connectivity index (χ0) is 32.2. The van der Waals surface area contributed by atoms with Crippen LogP contribution >= 0.6 is 0 Å². The molecular weight excluding hydrogens is 528 g/mol. The molecule has 0 aromatic heterocycles. The number of carbonyl (C=O) groups excluding carboxylic acids is 5. The summed E-state index contributed by atoms with van der Waals surface area (Å²) in [6, 6.07) is 12.9. The monoisotopic (exact) mass is 562 g/mol. The van der Waals surface area contributed by atoms with Gasteiger partial charge in [0.1, 0.15) is 18.5 Å². The van der Waals surface area contributed by atoms with Gasteiger partial charge < -0.3 is 33.2 Å². The number of esters is 5. The van der Waals surface area contributed by atoms with Crippen LogP contribution in [0.5, 0.6) is 5.75 Å². The van der Waals surface area contributed by atoms with Crippen LogP contribution in [-0.2, 0) is 47.6 Å². The van der Waals surface area contributed by atoms with E-state index in [2.05, 4.69) is 0 Å². The van der Waals surface area contributed by atoms with Crippen LogP contribution in [0.3, 0.4) is 0 Å². The van der Waals surface area contributed by atoms with Crippen molar-refractivity contribution in [1.29, 1.82) is 0 Å². The summed E-state index contributed by atoms with van der Waals surface area (Å²) in [5.41, 5.74) is 1.19. The molecular formula is C28H30O12. The van der Waals surface area contributed by atoms with Gasteiger partial charge in [-0.3, -0.25) is 19.2 Å². The minimum absolute atomic E-state index is 0.125. The molecule has 1 aliphatic rings. The Hall–Kier alpha value is -4.45. The lowest BCUT2D eigenvalue weighted by molar-refractivity contribution is -0.288. The number of para-hydroxylation sites is 1. The van der Waals surface area contributed by atoms with Gasteiger partial charge in [0, 0.05) is 38.6 Å². The van der Waals surface area contributed by atoms with Crippen LogP contribution < -0.4 is 4.74 Å². The molecule has 0 saturated carbocycles. The zero-order valence-corrected chi connectivity index (χ0v) is 21.4. The van der Waals surface area contributed by atoms with Crippen molar-refractivity contribution in [3.05, 3.63) is 54.1 Å². The first kappa shape index (κ1) is 24.6. The molecule has 0 amide bonds. The van der Waals surface area contributed by atoms with Gasteiger partial charge in [0.15, 0.2) is 12.2 Å². The Morgan fingerprint density at radius 3 is 2.12 bits per heavy atom. The lowest BCUT2D eigenvalue weighted by Gasteiger charge is -2.44. The van der Waals surface area contributed by atoms with Crippen molar-refractivity contribution in [2.24, 2.45) is 0 Å². The van der Waals surface area contributed by atoms with Crippen LogP contribution in [0, 0.1) is 0 Å². The van der Waals surface area contributed by atoms with Gasteiger partial charge in [0.05, 0.1) is 12.7 Å². The summed E-state index contributed by atoms with van der Waals surface area (Å²) < 4.78 is 67.4. The summed E-state index contributed by atoms with van der Waals surface area (Å²) in [4.78, 5) is 60.8. The first-order valence-electron chi connectivity index (χ1n) is 14.5. The van der Waals surface area contributed by atoms with Gasteiger partial charge in [-0.2, -0.15) is 0 Å². The third-order valence-corrected chi connectivity index (χ3v) is 5.53. The highest BCUT2D eigenvalue weighted by molar-refractivity contribution is 5.91. The molecule has 1 heterocycles. The molecule has 2 aromatic rings. The number of carbonyl (C=O) groups is 5. The van der Waals surface area contributed by atoms with E-state index in [0.717, 1.165) is 0 Å². The van der Waals surface area contributed by atoms with E-state index in [1.54, 1.807) is 42.5 Å². The summed E-state index contributed by atoms with van der Waals surface area (Å²) in [7, 11) is 1.24. The van der Waals surface area contributed by atoms with Crippen molar-refractivity contribution in [1.82, 2.24) is 0 Å². The summed E-state index contributed by atoms with van der Waals surface area (Å²) in [6.07, 6.45) is -8.10. The molecule has 1 fully saturated rings. The van der Waals surface area contributed by atoms with Crippen LogP contribution in [0.25, 0.3) is 11.1 Å². The number of hydrogen-bond acceptors (Lipinski definition) is 12. The van der Waals surface area contributed by atoms with E-state index in [0.29, 0.717) is 11.1 Å². The van der Waals surface area contributed by atoms with Gasteiger partial charge in [-0.25, -0.2) is 4.79 Å². The van der Waals surface area contributed by atoms with Crippen molar-refractivity contribution in [3.8, 4) is 16.9 Å². The molecule has 1 saturated heterocycles. The SMILES string of the molecule is [2H]CC(=O)OC[C@H]1OC(Oc2ccccc2-c2cccc(C(=O)OC)c2)[C@@H](OC(=O)C[2H])[C@@H](OC(=O)C[2H])[C@@H]1OC(=O)C[2H]. The number of hydrogen-bond donors (Lipinski definition) is 0. The van der Waals surface area contributed by atoms with E-state index >= 15 is 0 Å². The smallest absolute Gasteiger partial charge is 0.337 e. The minimum Gasteiger partial charge on any atom is -0.465 e. The summed E-state index contributed by atoms with van der Waals surface area (Å²) in [5.74, 6) is -4.72. The molecule has 0 aliphatic carbocycles. The highest BCUT2D eigenvalue weighted by Crippen LogP contribution is 2.35. The van der Waals surface area contributed by atoms with Crippen molar-refractivity contribution in [2.75, 3.05) is 13.7 Å². The molecule has 3 rings (SSSR count). The zero-order valence-electron chi connectivity index (χ0n) is 25.4. The molecule has 40 heavy (non-hydrogen) atoms. The van der Waals surface area contributed by atoms with E-state index in [4.69, 9.17) is 38.6 Å². The van der Waals surface area contributed by atoms with Gasteiger partial charge in [0.2, 0.25) is 12.4 Å². The lowest BCUT2D eigenvalue weighted by Crippen LogP contribution is -2.63. The minimum atomic E-state index is -1.70. The van der Waals surface area contributed by atoms with Crippen LogP contribution in [-0.4, -0.2) is 74.3 Å². The predicted molar refractivity (Wildman–Crippen MR) is 136 cm³/mol. The second kappa shape index (κ2) is 13.6. The average Bonchev–Trinajstić information content (AvgIpc) is 3.05. The molecule has 12 heteroatoms. The molecule has 5 atom stereocenters. The molecule has 1 unspecified atom stereocenters. The molecule has 214 valence electrons. The molecule has 2 aromatic carbocycles. The fourth-order valence-corrected chi connectivity index (χ4v) is 4.00. The number of benzene rings is 2. The molecule has 1 aliphatic heterocycles. The van der Waals surface area contributed by atoms with E-state index in [-0.39, 0.29) is 11.3 Å². The fraction of sp³-hybridized carbons (Fsp3) is 0.393. The van der Waals surface area contributed by atoms with Crippen LogP contribution in [0.4, 0.5) is 0 Å². The van der Waals surface area contributed by atoms with Crippen LogP contribution in [0.1, 0.15) is 43.4 Å². The molecule has 12 nitrogen and oxygen atoms in total. The Balaban J connectivity index is 2.10. The van der Waals surface area contributed by atoms with E-state index < -0.39 is 94.8 Å². The molecule has 0 N–H and O–H groups in total. The third-order valence-electron chi connectivity index (χ3n) is 5.53. The van der Waals surface area contributed by atoms with Gasteiger partial charge >= 0.3 is 29.8 Å². The Morgan fingerprint density at radius 2 is 1.45 bits per heavy atom. The highest BCUT2D eigenvalue weighted by atomic mass is 16.7. The first-order chi connectivity index (χ1) is 21.1. The van der Waals surface area contributed by atoms with Gasteiger partial charge in [-0.05, 0) is 23.8 Å². The number of methoxy groups -OCH3 is 1. The number of rotatable bonds is 9. The van der Waals surface area contributed by atoms with Crippen LogP contribution in [0.15, 0.2) is 48.5 Å². The summed E-state index contributed by atoms with van der Waals surface area (Å²) >= 11 is 0. The van der Waals surface area contributed by atoms with Crippen molar-refractivity contribution in [3.63, 3.8) is 0 Å². The fourth-order valence-electron chi connectivity index (χ4n) is 4.00. The Morgan fingerprint density at radius 1 is 0.800 bits per heavy atom. The highest BCUT2D eigenvalue weighted by Gasteiger charge is 2.53. The maximum absolute atomic E-state index is 12.3. The topological polar surface area (TPSA) is 150 Å². The van der Waals surface area contributed by atoms with E-state index in [9.17, 15) is 24.0 Å². The van der Waals surface area contributed by atoms with Crippen molar-refractivity contribution in [2.45, 2.75) is 58.3 Å². The first-order valence-corrected chi connectivity index (χ1v) is 11.7. The third kappa shape index (κ3) is 7.79. The standard InChI is InChI=1S/C28H30O12/c1-15(29)35-14-23-24(36-16(2)30)25(37-17(3)31)26(38-18(4)32)28(40-23)39-22-12-7-6-11-21(22)19-9-8-10-20(13-19)27(33)34-5/h6-13,23-26,28H,14H2,1-5H3/t23-,24-,25+,26+,28?/m1/s1/i1D,2D,3D,4D. The molecule has 0 spiro atoms. The second-order valence-corrected chi connectivity index (χ2v) is 8.28. The Bertz CT molecular complexity index is 1340. The Labute approximate surface area is 236 Å². The van der Waals surface area contributed by atoms with Crippen LogP contribution in [0.2, 0.25) is 0 Å². The average molecular weight is 563 g/mol. The quantitative estimate of drug-likeness (QED) is 0.326. The Kier molecular flexibility index (Phi) is 8.33. The van der Waals surface area contributed by atoms with Crippen molar-refractivity contribution < 1.29 is 62.6 Å². The lowest BCUT2D eigenvalue weighted by atomic mass is 9.97. The predicted octanol–water partition coefficient (Wildman–Crippen LogP) is 2.60. The second-order valence-electron chi connectivity index (χ2n) is 8.28. The van der Waals surface area contributed by atoms with Gasteiger partial charge in [-0.15, -0.1) is 0 Å².